The summed E-state index contributed by atoms with van der Waals surface area (Å²) in [5.74, 6) is -0.819. The van der Waals surface area contributed by atoms with Crippen molar-refractivity contribution >= 4 is 12.0 Å². The first-order chi connectivity index (χ1) is 10.2. The van der Waals surface area contributed by atoms with E-state index in [0.717, 1.165) is 19.3 Å². The highest BCUT2D eigenvalue weighted by atomic mass is 16.4. The number of urea groups is 1. The molecule has 2 N–H and O–H groups in total. The van der Waals surface area contributed by atoms with E-state index in [0.29, 0.717) is 25.2 Å². The van der Waals surface area contributed by atoms with Gasteiger partial charge in [-0.15, -0.1) is 0 Å². The first-order valence-corrected chi connectivity index (χ1v) is 7.18. The molecule has 1 fully saturated rings. The van der Waals surface area contributed by atoms with Crippen molar-refractivity contribution in [3.8, 4) is 0 Å². The van der Waals surface area contributed by atoms with Crippen molar-refractivity contribution in [1.82, 2.24) is 20.2 Å². The van der Waals surface area contributed by atoms with Crippen LogP contribution in [0.25, 0.3) is 0 Å². The molecule has 0 bridgehead atoms. The Balaban J connectivity index is 1.87. The van der Waals surface area contributed by atoms with E-state index in [9.17, 15) is 9.59 Å². The van der Waals surface area contributed by atoms with Crippen molar-refractivity contribution in [3.05, 3.63) is 24.3 Å². The van der Waals surface area contributed by atoms with Gasteiger partial charge in [-0.3, -0.25) is 14.8 Å². The molecule has 1 atom stereocenters. The summed E-state index contributed by atoms with van der Waals surface area (Å²) >= 11 is 0. The lowest BCUT2D eigenvalue weighted by atomic mass is 9.98. The maximum atomic E-state index is 12.2. The number of carbonyl (C=O) groups is 2. The largest absolute Gasteiger partial charge is 0.481 e. The molecule has 2 rings (SSSR count). The first kappa shape index (κ1) is 15.2. The number of aliphatic carboxylic acids is 1. The summed E-state index contributed by atoms with van der Waals surface area (Å²) < 4.78 is 0. The van der Waals surface area contributed by atoms with Gasteiger partial charge in [0.05, 0.1) is 18.4 Å². The van der Waals surface area contributed by atoms with Gasteiger partial charge in [-0.05, 0) is 25.7 Å². The summed E-state index contributed by atoms with van der Waals surface area (Å²) in [6, 6.07) is -0.146. The summed E-state index contributed by atoms with van der Waals surface area (Å²) in [5.41, 5.74) is 0.699. The van der Waals surface area contributed by atoms with Crippen molar-refractivity contribution in [2.75, 3.05) is 6.54 Å². The third-order valence-corrected chi connectivity index (χ3v) is 3.62. The summed E-state index contributed by atoms with van der Waals surface area (Å²) in [6.45, 7) is 1.01. The zero-order chi connectivity index (χ0) is 15.1. The molecule has 114 valence electrons. The molecule has 0 saturated carbocycles. The Bertz CT molecular complexity index is 480. The van der Waals surface area contributed by atoms with E-state index >= 15 is 0 Å². The number of piperidine rings is 1. The topological polar surface area (TPSA) is 95.4 Å². The summed E-state index contributed by atoms with van der Waals surface area (Å²) in [5, 5.41) is 11.6. The monoisotopic (exact) mass is 292 g/mol. The number of amides is 2. The number of nitrogens with one attached hydrogen (secondary N) is 1. The lowest BCUT2D eigenvalue weighted by Crippen LogP contribution is -2.48. The zero-order valence-electron chi connectivity index (χ0n) is 11.9. The molecule has 0 aromatic carbocycles. The van der Waals surface area contributed by atoms with Gasteiger partial charge in [0.15, 0.2) is 0 Å². The molecule has 1 aromatic heterocycles. The molecular weight excluding hydrogens is 272 g/mol. The maximum Gasteiger partial charge on any atom is 0.317 e. The fraction of sp³-hybridized carbons (Fsp3) is 0.571. The average Bonchev–Trinajstić information content (AvgIpc) is 2.52. The number of nitrogens with zero attached hydrogens (tertiary/aromatic N) is 3. The van der Waals surface area contributed by atoms with E-state index in [1.165, 1.54) is 0 Å². The number of hydrogen-bond donors (Lipinski definition) is 2. The third kappa shape index (κ3) is 4.70. The van der Waals surface area contributed by atoms with Crippen molar-refractivity contribution in [2.45, 2.75) is 44.7 Å². The molecule has 1 aliphatic rings. The standard InChI is InChI=1S/C14H20N4O3/c19-13(20)5-4-12-3-1-2-8-18(12)14(21)17-10-11-9-15-6-7-16-11/h6-7,9,12H,1-5,8,10H2,(H,17,21)(H,19,20). The SMILES string of the molecule is O=C(O)CCC1CCCCN1C(=O)NCc1cnccn1. The van der Waals surface area contributed by atoms with Gasteiger partial charge in [-0.2, -0.15) is 0 Å². The van der Waals surface area contributed by atoms with Crippen LogP contribution in [0.3, 0.4) is 0 Å². The van der Waals surface area contributed by atoms with Crippen LogP contribution in [0.5, 0.6) is 0 Å². The highest BCUT2D eigenvalue weighted by Gasteiger charge is 2.26. The summed E-state index contributed by atoms with van der Waals surface area (Å²) in [7, 11) is 0. The van der Waals surface area contributed by atoms with Crippen molar-refractivity contribution < 1.29 is 14.7 Å². The van der Waals surface area contributed by atoms with Gasteiger partial charge in [-0.1, -0.05) is 0 Å². The number of rotatable bonds is 5. The third-order valence-electron chi connectivity index (χ3n) is 3.62. The number of likely N-dealkylation sites (tertiary alicyclic amines) is 1. The maximum absolute atomic E-state index is 12.2. The van der Waals surface area contributed by atoms with Crippen LogP contribution in [0.15, 0.2) is 18.6 Å². The van der Waals surface area contributed by atoms with Gasteiger partial charge in [0.25, 0.3) is 0 Å². The van der Waals surface area contributed by atoms with Gasteiger partial charge in [0.1, 0.15) is 0 Å². The zero-order valence-corrected chi connectivity index (χ0v) is 11.9. The number of aromatic nitrogens is 2. The van der Waals surface area contributed by atoms with E-state index in [2.05, 4.69) is 15.3 Å². The van der Waals surface area contributed by atoms with Crippen LogP contribution in [-0.2, 0) is 11.3 Å². The van der Waals surface area contributed by atoms with Crippen LogP contribution in [0.2, 0.25) is 0 Å². The van der Waals surface area contributed by atoms with Crippen LogP contribution >= 0.6 is 0 Å². The van der Waals surface area contributed by atoms with E-state index < -0.39 is 5.97 Å². The Morgan fingerprint density at radius 1 is 1.38 bits per heavy atom. The Labute approximate surface area is 123 Å². The number of carbonyl (C=O) groups excluding carboxylic acids is 1. The minimum atomic E-state index is -0.819. The second-order valence-electron chi connectivity index (χ2n) is 5.13. The Morgan fingerprint density at radius 2 is 2.24 bits per heavy atom. The summed E-state index contributed by atoms with van der Waals surface area (Å²) in [6.07, 6.45) is 8.24. The summed E-state index contributed by atoms with van der Waals surface area (Å²) in [4.78, 5) is 32.7. The van der Waals surface area contributed by atoms with Crippen molar-refractivity contribution in [3.63, 3.8) is 0 Å². The Morgan fingerprint density at radius 3 is 2.95 bits per heavy atom. The minimum absolute atomic E-state index is 0.0108. The molecule has 2 amide bonds. The Hall–Kier alpha value is -2.18. The van der Waals surface area contributed by atoms with Gasteiger partial charge in [-0.25, -0.2) is 4.79 Å². The molecule has 1 aliphatic heterocycles. The molecule has 1 unspecified atom stereocenters. The van der Waals surface area contributed by atoms with Gasteiger partial charge in [0, 0.05) is 31.4 Å². The fourth-order valence-electron chi connectivity index (χ4n) is 2.55. The first-order valence-electron chi connectivity index (χ1n) is 7.18. The van der Waals surface area contributed by atoms with Gasteiger partial charge < -0.3 is 15.3 Å². The highest BCUT2D eigenvalue weighted by Crippen LogP contribution is 2.21. The smallest absolute Gasteiger partial charge is 0.317 e. The van der Waals surface area contributed by atoms with Crippen LogP contribution in [0.1, 0.15) is 37.8 Å². The molecule has 7 heteroatoms. The number of hydrogen-bond acceptors (Lipinski definition) is 4. The predicted octanol–water partition coefficient (Wildman–Crippen LogP) is 1.41. The number of carboxylic acids is 1. The van der Waals surface area contributed by atoms with Crippen LogP contribution < -0.4 is 5.32 Å². The second kappa shape index (κ2) is 7.56. The van der Waals surface area contributed by atoms with Crippen LogP contribution in [-0.4, -0.2) is 44.6 Å². The molecule has 1 aromatic rings. The molecule has 0 radical (unpaired) electrons. The Kier molecular flexibility index (Phi) is 5.48. The average molecular weight is 292 g/mol. The molecule has 2 heterocycles. The lowest BCUT2D eigenvalue weighted by Gasteiger charge is -2.35. The predicted molar refractivity (Wildman–Crippen MR) is 75.5 cm³/mol. The van der Waals surface area contributed by atoms with Crippen molar-refractivity contribution in [2.24, 2.45) is 0 Å². The molecule has 21 heavy (non-hydrogen) atoms. The van der Waals surface area contributed by atoms with E-state index in [1.807, 2.05) is 0 Å². The molecule has 0 aliphatic carbocycles. The number of carboxylic acid groups (broad SMARTS) is 1. The molecule has 0 spiro atoms. The van der Waals surface area contributed by atoms with Gasteiger partial charge >= 0.3 is 12.0 Å². The highest BCUT2D eigenvalue weighted by molar-refractivity contribution is 5.74. The lowest BCUT2D eigenvalue weighted by molar-refractivity contribution is -0.137. The van der Waals surface area contributed by atoms with Crippen molar-refractivity contribution in [1.29, 1.82) is 0 Å². The quantitative estimate of drug-likeness (QED) is 0.855. The van der Waals surface area contributed by atoms with E-state index in [-0.39, 0.29) is 18.5 Å². The van der Waals surface area contributed by atoms with Crippen LogP contribution in [0.4, 0.5) is 4.79 Å². The molecular formula is C14H20N4O3. The molecule has 1 saturated heterocycles. The van der Waals surface area contributed by atoms with E-state index in [1.54, 1.807) is 23.5 Å². The normalized spacial score (nSPS) is 18.3. The fourth-order valence-corrected chi connectivity index (χ4v) is 2.55. The van der Waals surface area contributed by atoms with Gasteiger partial charge in [0.2, 0.25) is 0 Å². The van der Waals surface area contributed by atoms with E-state index in [4.69, 9.17) is 5.11 Å². The molecule has 7 nitrogen and oxygen atoms in total. The minimum Gasteiger partial charge on any atom is -0.481 e. The second-order valence-corrected chi connectivity index (χ2v) is 5.13. The van der Waals surface area contributed by atoms with Crippen LogP contribution in [0, 0.1) is 0 Å².